The summed E-state index contributed by atoms with van der Waals surface area (Å²) in [5.41, 5.74) is 1.96. The number of carbonyl (C=O) groups excluding carboxylic acids is 3. The van der Waals surface area contributed by atoms with Crippen molar-refractivity contribution in [3.63, 3.8) is 0 Å². The van der Waals surface area contributed by atoms with Gasteiger partial charge in [-0.2, -0.15) is 0 Å². The standard InChI is InChI=1S/C29H26BrClN2O6S/c1-3-37-21-11-9-20(10-12-21)32-27(34)16-33-28(35)26(40-29(33)36)14-19-13-24(38-4-2)25(15-22(19)30)39-17-18-7-5-6-8-23(18)31/h5-15H,3-4,16-17H2,1-2H3,(H,32,34)/b26-14+. The maximum atomic E-state index is 13.0. The summed E-state index contributed by atoms with van der Waals surface area (Å²) in [4.78, 5) is 39.3. The van der Waals surface area contributed by atoms with Crippen molar-refractivity contribution in [2.24, 2.45) is 0 Å². The van der Waals surface area contributed by atoms with Crippen LogP contribution in [0.3, 0.4) is 0 Å². The molecule has 3 aromatic carbocycles. The number of amides is 3. The maximum Gasteiger partial charge on any atom is 0.294 e. The lowest BCUT2D eigenvalue weighted by Gasteiger charge is -2.15. The van der Waals surface area contributed by atoms with E-state index in [0.717, 1.165) is 22.2 Å². The van der Waals surface area contributed by atoms with Crippen LogP contribution in [0.2, 0.25) is 5.02 Å². The van der Waals surface area contributed by atoms with Crippen molar-refractivity contribution < 1.29 is 28.6 Å². The molecule has 0 bridgehead atoms. The van der Waals surface area contributed by atoms with Crippen LogP contribution in [0.25, 0.3) is 6.08 Å². The highest BCUT2D eigenvalue weighted by molar-refractivity contribution is 9.10. The van der Waals surface area contributed by atoms with E-state index in [4.69, 9.17) is 25.8 Å². The summed E-state index contributed by atoms with van der Waals surface area (Å²) < 4.78 is 17.8. The van der Waals surface area contributed by atoms with E-state index in [-0.39, 0.29) is 11.5 Å². The first-order valence-electron chi connectivity index (χ1n) is 12.4. The summed E-state index contributed by atoms with van der Waals surface area (Å²) in [5, 5.41) is 2.76. The number of anilines is 1. The smallest absolute Gasteiger partial charge is 0.294 e. The monoisotopic (exact) mass is 644 g/mol. The number of halogens is 2. The predicted molar refractivity (Wildman–Crippen MR) is 160 cm³/mol. The van der Waals surface area contributed by atoms with Gasteiger partial charge in [-0.25, -0.2) is 0 Å². The lowest BCUT2D eigenvalue weighted by atomic mass is 10.1. The Balaban J connectivity index is 1.46. The molecule has 1 saturated heterocycles. The highest BCUT2D eigenvalue weighted by Crippen LogP contribution is 2.38. The zero-order valence-corrected chi connectivity index (χ0v) is 24.9. The largest absolute Gasteiger partial charge is 0.494 e. The molecular weight excluding hydrogens is 620 g/mol. The Morgan fingerprint density at radius 3 is 2.40 bits per heavy atom. The van der Waals surface area contributed by atoms with E-state index in [2.05, 4.69) is 21.2 Å². The first-order valence-corrected chi connectivity index (χ1v) is 14.4. The summed E-state index contributed by atoms with van der Waals surface area (Å²) in [6.07, 6.45) is 1.58. The van der Waals surface area contributed by atoms with E-state index in [9.17, 15) is 14.4 Å². The molecule has 1 aliphatic rings. The number of carbonyl (C=O) groups is 3. The predicted octanol–water partition coefficient (Wildman–Crippen LogP) is 7.15. The molecule has 4 rings (SSSR count). The SMILES string of the molecule is CCOc1ccc(NC(=O)CN2C(=O)S/C(=C/c3cc(OCC)c(OCc4ccccc4Cl)cc3Br)C2=O)cc1. The van der Waals surface area contributed by atoms with Crippen LogP contribution in [0.5, 0.6) is 17.2 Å². The Hall–Kier alpha value is -3.47. The second-order valence-corrected chi connectivity index (χ2v) is 10.7. The molecule has 0 saturated carbocycles. The van der Waals surface area contributed by atoms with E-state index in [1.807, 2.05) is 32.0 Å². The van der Waals surface area contributed by atoms with Crippen molar-refractivity contribution in [1.29, 1.82) is 0 Å². The van der Waals surface area contributed by atoms with E-state index < -0.39 is 23.6 Å². The molecule has 208 valence electrons. The van der Waals surface area contributed by atoms with E-state index >= 15 is 0 Å². The Bertz CT molecular complexity index is 1450. The van der Waals surface area contributed by atoms with Crippen molar-refractivity contribution in [2.45, 2.75) is 20.5 Å². The van der Waals surface area contributed by atoms with Crippen molar-refractivity contribution in [3.8, 4) is 17.2 Å². The molecule has 0 aliphatic carbocycles. The highest BCUT2D eigenvalue weighted by atomic mass is 79.9. The number of rotatable bonds is 11. The lowest BCUT2D eigenvalue weighted by molar-refractivity contribution is -0.127. The Morgan fingerprint density at radius 1 is 1.00 bits per heavy atom. The average Bonchev–Trinajstić information content (AvgIpc) is 3.19. The molecule has 0 spiro atoms. The van der Waals surface area contributed by atoms with Gasteiger partial charge in [0.15, 0.2) is 11.5 Å². The van der Waals surface area contributed by atoms with Gasteiger partial charge in [-0.15, -0.1) is 0 Å². The number of benzene rings is 3. The Labute approximate surface area is 249 Å². The van der Waals surface area contributed by atoms with Crippen LogP contribution in [0.15, 0.2) is 70.0 Å². The van der Waals surface area contributed by atoms with Crippen LogP contribution in [-0.4, -0.2) is 41.7 Å². The van der Waals surface area contributed by atoms with Crippen molar-refractivity contribution in [3.05, 3.63) is 86.2 Å². The van der Waals surface area contributed by atoms with Gasteiger partial charge in [0.2, 0.25) is 5.91 Å². The van der Waals surface area contributed by atoms with Crippen LogP contribution in [0.1, 0.15) is 25.0 Å². The molecule has 1 fully saturated rings. The number of nitrogens with one attached hydrogen (secondary N) is 1. The minimum atomic E-state index is -0.555. The molecule has 40 heavy (non-hydrogen) atoms. The maximum absolute atomic E-state index is 13.0. The third kappa shape index (κ3) is 7.38. The van der Waals surface area contributed by atoms with Crippen LogP contribution >= 0.6 is 39.3 Å². The number of imide groups is 1. The molecule has 1 heterocycles. The summed E-state index contributed by atoms with van der Waals surface area (Å²) in [5.74, 6) is 0.589. The second kappa shape index (κ2) is 13.7. The minimum Gasteiger partial charge on any atom is -0.494 e. The molecule has 3 amide bonds. The fourth-order valence-corrected chi connectivity index (χ4v) is 5.19. The fraction of sp³-hybridized carbons (Fsp3) is 0.207. The van der Waals surface area contributed by atoms with Gasteiger partial charge in [-0.05, 0) is 79.7 Å². The molecule has 11 heteroatoms. The van der Waals surface area contributed by atoms with E-state index in [1.54, 1.807) is 48.5 Å². The van der Waals surface area contributed by atoms with Crippen LogP contribution in [0, 0.1) is 0 Å². The van der Waals surface area contributed by atoms with Gasteiger partial charge in [0.1, 0.15) is 18.9 Å². The summed E-state index contributed by atoms with van der Waals surface area (Å²) >= 11 is 10.5. The molecule has 1 aliphatic heterocycles. The lowest BCUT2D eigenvalue weighted by Crippen LogP contribution is -2.36. The highest BCUT2D eigenvalue weighted by Gasteiger charge is 2.36. The van der Waals surface area contributed by atoms with Crippen LogP contribution < -0.4 is 19.5 Å². The number of ether oxygens (including phenoxy) is 3. The van der Waals surface area contributed by atoms with Gasteiger partial charge in [-0.3, -0.25) is 19.3 Å². The normalized spacial score (nSPS) is 14.0. The third-order valence-electron chi connectivity index (χ3n) is 5.61. The molecule has 0 radical (unpaired) electrons. The number of hydrogen-bond acceptors (Lipinski definition) is 7. The Kier molecular flexibility index (Phi) is 10.1. The molecule has 3 aromatic rings. The van der Waals surface area contributed by atoms with Gasteiger partial charge in [0, 0.05) is 20.7 Å². The summed E-state index contributed by atoms with van der Waals surface area (Å²) in [6.45, 7) is 4.49. The van der Waals surface area contributed by atoms with E-state index in [0.29, 0.717) is 51.2 Å². The quantitative estimate of drug-likeness (QED) is 0.221. The summed E-state index contributed by atoms with van der Waals surface area (Å²) in [7, 11) is 0. The zero-order chi connectivity index (χ0) is 28.6. The van der Waals surface area contributed by atoms with Crippen molar-refractivity contribution >= 4 is 68.1 Å². The summed E-state index contributed by atoms with van der Waals surface area (Å²) in [6, 6.07) is 17.7. The van der Waals surface area contributed by atoms with Crippen LogP contribution in [0.4, 0.5) is 10.5 Å². The molecule has 0 atom stereocenters. The zero-order valence-electron chi connectivity index (χ0n) is 21.7. The number of nitrogens with zero attached hydrogens (tertiary/aromatic N) is 1. The third-order valence-corrected chi connectivity index (χ3v) is 7.58. The molecule has 8 nitrogen and oxygen atoms in total. The van der Waals surface area contributed by atoms with E-state index in [1.165, 1.54) is 0 Å². The fourth-order valence-electron chi connectivity index (χ4n) is 3.74. The van der Waals surface area contributed by atoms with Gasteiger partial charge < -0.3 is 19.5 Å². The minimum absolute atomic E-state index is 0.187. The topological polar surface area (TPSA) is 94.2 Å². The van der Waals surface area contributed by atoms with Gasteiger partial charge >= 0.3 is 0 Å². The molecular formula is C29H26BrClN2O6S. The first-order chi connectivity index (χ1) is 19.3. The van der Waals surface area contributed by atoms with Crippen molar-refractivity contribution in [2.75, 3.05) is 25.1 Å². The molecule has 0 unspecified atom stereocenters. The molecule has 1 N–H and O–H groups in total. The van der Waals surface area contributed by atoms with Gasteiger partial charge in [0.25, 0.3) is 11.1 Å². The molecule has 0 aromatic heterocycles. The Morgan fingerprint density at radius 2 is 1.70 bits per heavy atom. The average molecular weight is 646 g/mol. The first kappa shape index (κ1) is 29.5. The van der Waals surface area contributed by atoms with Gasteiger partial charge in [0.05, 0.1) is 18.1 Å². The second-order valence-electron chi connectivity index (χ2n) is 8.41. The number of thioether (sulfide) groups is 1. The number of hydrogen-bond donors (Lipinski definition) is 1. The van der Waals surface area contributed by atoms with Crippen LogP contribution in [-0.2, 0) is 16.2 Å². The van der Waals surface area contributed by atoms with Gasteiger partial charge in [-0.1, -0.05) is 45.7 Å². The van der Waals surface area contributed by atoms with Crippen molar-refractivity contribution in [1.82, 2.24) is 4.90 Å².